The van der Waals surface area contributed by atoms with Crippen molar-refractivity contribution in [3.8, 4) is 5.75 Å². The van der Waals surface area contributed by atoms with Crippen LogP contribution in [-0.2, 0) is 36.9 Å². The quantitative estimate of drug-likeness (QED) is 0.455. The second-order valence-corrected chi connectivity index (χ2v) is 7.81. The predicted octanol–water partition coefficient (Wildman–Crippen LogP) is 1.94. The summed E-state index contributed by atoms with van der Waals surface area (Å²) in [6, 6.07) is 5.84. The third-order valence-electron chi connectivity index (χ3n) is 2.14. The van der Waals surface area contributed by atoms with Gasteiger partial charge >= 0.3 is 23.9 Å². The number of hydrogen-bond donors (Lipinski definition) is 0. The SMILES string of the molecule is CCc1cccc(CC)c1OP([O-])(=S)[S-].[Sn+4]. The molecule has 0 amide bonds. The summed E-state index contributed by atoms with van der Waals surface area (Å²) in [7, 11) is 0. The zero-order valence-corrected chi connectivity index (χ0v) is 14.6. The molecule has 1 unspecified atom stereocenters. The van der Waals surface area contributed by atoms with Gasteiger partial charge in [-0.15, -0.1) is 0 Å². The van der Waals surface area contributed by atoms with Crippen molar-refractivity contribution < 1.29 is 9.42 Å². The van der Waals surface area contributed by atoms with Crippen molar-refractivity contribution in [1.29, 1.82) is 0 Å². The molecule has 1 rings (SSSR count). The molecule has 2 nitrogen and oxygen atoms in total. The summed E-state index contributed by atoms with van der Waals surface area (Å²) in [5.74, 6) is 0.621. The summed E-state index contributed by atoms with van der Waals surface area (Å²) >= 11 is 9.26. The second-order valence-electron chi connectivity index (χ2n) is 3.15. The summed E-state index contributed by atoms with van der Waals surface area (Å²) < 4.78 is 5.23. The van der Waals surface area contributed by atoms with Crippen LogP contribution in [0.25, 0.3) is 0 Å². The number of rotatable bonds is 4. The standard InChI is InChI=1S/C10H15O2PS2.Sn/c1-3-8-6-5-7-9(4-2)10(8)12-13(11,14)15;/h5-7H,3-4H2,1-2H3,(H2,11,14,15);/q;+4/p-2. The number of para-hydroxylation sites is 1. The third-order valence-corrected chi connectivity index (χ3v) is 3.00. The van der Waals surface area contributed by atoms with E-state index >= 15 is 0 Å². The maximum absolute atomic E-state index is 11.3. The van der Waals surface area contributed by atoms with Gasteiger partial charge in [-0.3, -0.25) is 0 Å². The Morgan fingerprint density at radius 2 is 1.75 bits per heavy atom. The Balaban J connectivity index is 0.00000225. The van der Waals surface area contributed by atoms with Gasteiger partial charge in [-0.25, -0.2) is 0 Å². The fourth-order valence-corrected chi connectivity index (χ4v) is 2.33. The number of benzene rings is 1. The van der Waals surface area contributed by atoms with E-state index < -0.39 is 5.69 Å². The Kier molecular flexibility index (Phi) is 7.62. The van der Waals surface area contributed by atoms with Crippen molar-refractivity contribution >= 4 is 53.7 Å². The van der Waals surface area contributed by atoms with Gasteiger partial charge in [-0.1, -0.05) is 49.5 Å². The van der Waals surface area contributed by atoms with Crippen molar-refractivity contribution in [2.75, 3.05) is 0 Å². The van der Waals surface area contributed by atoms with Gasteiger partial charge in [0.2, 0.25) is 0 Å². The molecule has 0 aliphatic rings. The van der Waals surface area contributed by atoms with E-state index in [0.717, 1.165) is 24.0 Å². The topological polar surface area (TPSA) is 32.3 Å². The van der Waals surface area contributed by atoms with Crippen LogP contribution in [-0.4, -0.2) is 23.9 Å². The molecular weight excluding hydrogens is 366 g/mol. The summed E-state index contributed by atoms with van der Waals surface area (Å²) in [4.78, 5) is 11.3. The van der Waals surface area contributed by atoms with Gasteiger partial charge in [0, 0.05) is 0 Å². The Morgan fingerprint density at radius 3 is 2.06 bits per heavy atom. The van der Waals surface area contributed by atoms with Gasteiger partial charge in [0.1, 0.15) is 5.75 Å². The van der Waals surface area contributed by atoms with E-state index in [9.17, 15) is 4.89 Å². The van der Waals surface area contributed by atoms with Crippen LogP contribution in [0.15, 0.2) is 18.2 Å². The average molecular weight is 379 g/mol. The number of aryl methyl sites for hydroxylation is 2. The molecule has 0 spiro atoms. The Labute approximate surface area is 124 Å². The van der Waals surface area contributed by atoms with Crippen LogP contribution in [0.1, 0.15) is 25.0 Å². The molecule has 16 heavy (non-hydrogen) atoms. The molecule has 0 aromatic heterocycles. The first-order chi connectivity index (χ1) is 6.98. The molecule has 84 valence electrons. The minimum atomic E-state index is -3.30. The molecule has 0 bridgehead atoms. The van der Waals surface area contributed by atoms with Gasteiger partial charge < -0.3 is 21.7 Å². The van der Waals surface area contributed by atoms with Crippen molar-refractivity contribution in [1.82, 2.24) is 0 Å². The molecule has 0 radical (unpaired) electrons. The smallest absolute Gasteiger partial charge is 0.809 e. The first kappa shape index (κ1) is 16.8. The molecule has 0 N–H and O–H groups in total. The molecule has 0 aliphatic carbocycles. The Bertz CT molecular complexity index is 370. The van der Waals surface area contributed by atoms with Crippen LogP contribution < -0.4 is 9.42 Å². The molecule has 1 aromatic carbocycles. The van der Waals surface area contributed by atoms with Gasteiger partial charge in [0.25, 0.3) is 0 Å². The van der Waals surface area contributed by atoms with E-state index in [1.54, 1.807) is 0 Å². The van der Waals surface area contributed by atoms with Crippen LogP contribution in [0.4, 0.5) is 0 Å². The monoisotopic (exact) mass is 380 g/mol. The molecule has 6 heteroatoms. The van der Waals surface area contributed by atoms with Gasteiger partial charge in [-0.2, -0.15) is 0 Å². The molecule has 0 heterocycles. The normalized spacial score (nSPS) is 13.8. The zero-order valence-electron chi connectivity index (χ0n) is 9.23. The molecule has 1 atom stereocenters. The van der Waals surface area contributed by atoms with E-state index in [-0.39, 0.29) is 23.9 Å². The Morgan fingerprint density at radius 1 is 1.31 bits per heavy atom. The van der Waals surface area contributed by atoms with Gasteiger partial charge in [-0.05, 0) is 24.0 Å². The van der Waals surface area contributed by atoms with Gasteiger partial charge in [0.15, 0.2) is 0 Å². The van der Waals surface area contributed by atoms with Crippen LogP contribution in [0.3, 0.4) is 0 Å². The molecule has 1 aromatic rings. The predicted molar refractivity (Wildman–Crippen MR) is 73.2 cm³/mol. The van der Waals surface area contributed by atoms with Crippen LogP contribution >= 0.6 is 5.69 Å². The average Bonchev–Trinajstić information content (AvgIpc) is 2.16. The molecule has 0 fully saturated rings. The molecule has 0 aliphatic heterocycles. The fourth-order valence-electron chi connectivity index (χ4n) is 1.42. The third kappa shape index (κ3) is 4.96. The first-order valence-electron chi connectivity index (χ1n) is 4.80. The van der Waals surface area contributed by atoms with E-state index in [2.05, 4.69) is 24.1 Å². The summed E-state index contributed by atoms with van der Waals surface area (Å²) in [6.45, 7) is 4.03. The first-order valence-corrected chi connectivity index (χ1v) is 8.45. The second kappa shape index (κ2) is 7.27. The van der Waals surface area contributed by atoms with Crippen molar-refractivity contribution in [2.45, 2.75) is 26.7 Å². The van der Waals surface area contributed by atoms with E-state index in [4.69, 9.17) is 4.52 Å². The minimum Gasteiger partial charge on any atom is -0.809 e. The summed E-state index contributed by atoms with van der Waals surface area (Å²) in [5.41, 5.74) is -1.29. The fraction of sp³-hybridized carbons (Fsp3) is 0.400. The Hall–Kier alpha value is 0.779. The zero-order chi connectivity index (χ0) is 11.5. The molecular formula is C10H13O2PS2Sn+2. The summed E-state index contributed by atoms with van der Waals surface area (Å²) in [5, 5.41) is 0. The summed E-state index contributed by atoms with van der Waals surface area (Å²) in [6.07, 6.45) is 1.63. The number of hydrogen-bond acceptors (Lipinski definition) is 4. The molecule has 0 saturated carbocycles. The van der Waals surface area contributed by atoms with Crippen molar-refractivity contribution in [3.05, 3.63) is 29.3 Å². The van der Waals surface area contributed by atoms with E-state index in [1.165, 1.54) is 0 Å². The largest absolute Gasteiger partial charge is 4.00 e. The van der Waals surface area contributed by atoms with Crippen molar-refractivity contribution in [2.24, 2.45) is 0 Å². The maximum Gasteiger partial charge on any atom is 4.00 e. The maximum atomic E-state index is 11.3. The van der Waals surface area contributed by atoms with E-state index in [0.29, 0.717) is 5.75 Å². The molecule has 0 saturated heterocycles. The van der Waals surface area contributed by atoms with Crippen molar-refractivity contribution in [3.63, 3.8) is 0 Å². The minimum absolute atomic E-state index is 0. The van der Waals surface area contributed by atoms with Crippen LogP contribution in [0.5, 0.6) is 5.75 Å². The van der Waals surface area contributed by atoms with E-state index in [1.807, 2.05) is 32.0 Å². The van der Waals surface area contributed by atoms with Crippen LogP contribution in [0.2, 0.25) is 0 Å². The van der Waals surface area contributed by atoms with Crippen LogP contribution in [0, 0.1) is 0 Å². The van der Waals surface area contributed by atoms with Gasteiger partial charge in [0.05, 0.1) is 0 Å².